The van der Waals surface area contributed by atoms with E-state index in [0.717, 1.165) is 36.5 Å². The number of fused-ring (bicyclic) bond motifs is 9. The molecule has 4 bridgehead atoms. The maximum atomic E-state index is 9.23. The van der Waals surface area contributed by atoms with Crippen molar-refractivity contribution in [3.8, 4) is 6.07 Å². The molecule has 0 heterocycles. The summed E-state index contributed by atoms with van der Waals surface area (Å²) in [6.45, 7) is 9.67. The summed E-state index contributed by atoms with van der Waals surface area (Å²) in [6.07, 6.45) is 4.84. The molecule has 0 saturated heterocycles. The normalized spacial score (nSPS) is 62.2. The van der Waals surface area contributed by atoms with Gasteiger partial charge in [-0.2, -0.15) is 5.26 Å². The highest BCUT2D eigenvalue weighted by molar-refractivity contribution is 5.22. The molecule has 4 rings (SSSR count). The Labute approximate surface area is 103 Å². The largest absolute Gasteiger partial charge is 0.310 e. The van der Waals surface area contributed by atoms with Crippen LogP contribution in [0.15, 0.2) is 0 Å². The first-order chi connectivity index (χ1) is 8.18. The molecule has 0 N–H and O–H groups in total. The summed E-state index contributed by atoms with van der Waals surface area (Å²) in [5.74, 6) is 4.88. The van der Waals surface area contributed by atoms with Crippen molar-refractivity contribution in [2.45, 2.75) is 38.1 Å². The van der Waals surface area contributed by atoms with Gasteiger partial charge in [-0.05, 0) is 48.9 Å². The first-order valence-electron chi connectivity index (χ1n) is 6.96. The quantitative estimate of drug-likeness (QED) is 0.461. The van der Waals surface area contributed by atoms with Crippen LogP contribution in [0.1, 0.15) is 32.6 Å². The minimum absolute atomic E-state index is 0.0571. The lowest BCUT2D eigenvalue weighted by molar-refractivity contribution is 0.0933. The van der Waals surface area contributed by atoms with Crippen LogP contribution in [0.3, 0.4) is 0 Å². The van der Waals surface area contributed by atoms with E-state index in [-0.39, 0.29) is 5.54 Å². The molecule has 8 atom stereocenters. The van der Waals surface area contributed by atoms with Crippen molar-refractivity contribution >= 4 is 0 Å². The number of nitrogens with zero attached hydrogens (tertiary/aromatic N) is 2. The predicted molar refractivity (Wildman–Crippen MR) is 63.5 cm³/mol. The molecular weight excluding hydrogens is 208 g/mol. The van der Waals surface area contributed by atoms with Crippen molar-refractivity contribution in [3.05, 3.63) is 11.4 Å². The second kappa shape index (κ2) is 2.86. The molecule has 0 aromatic rings. The van der Waals surface area contributed by atoms with Crippen LogP contribution in [0.5, 0.6) is 0 Å². The summed E-state index contributed by atoms with van der Waals surface area (Å²) < 4.78 is 0. The maximum absolute atomic E-state index is 9.23. The van der Waals surface area contributed by atoms with Gasteiger partial charge in [-0.15, -0.1) is 0 Å². The van der Waals surface area contributed by atoms with Crippen molar-refractivity contribution in [1.29, 1.82) is 5.26 Å². The Balaban J connectivity index is 1.71. The third-order valence-corrected chi connectivity index (χ3v) is 6.59. The predicted octanol–water partition coefficient (Wildman–Crippen LogP) is 3.12. The molecule has 2 heteroatoms. The molecule has 4 aliphatic carbocycles. The average Bonchev–Trinajstić information content (AvgIpc) is 3.03. The minimum atomic E-state index is -0.0571. The van der Waals surface area contributed by atoms with Gasteiger partial charge in [0.1, 0.15) is 0 Å². The zero-order chi connectivity index (χ0) is 11.8. The highest BCUT2D eigenvalue weighted by Crippen LogP contribution is 2.71. The Hall–Kier alpha value is -1.02. The molecular formula is C15H18N2. The van der Waals surface area contributed by atoms with Gasteiger partial charge >= 0.3 is 0 Å². The standard InChI is InChI=1S/C15H18N2/c1-15(17-2)6-9-5-12(15)14-8-3-10(7-16)11(4-8)13(9)14/h8-14H,3-6H2,1H3. The van der Waals surface area contributed by atoms with Gasteiger partial charge in [-0.1, -0.05) is 0 Å². The molecule has 2 nitrogen and oxygen atoms in total. The van der Waals surface area contributed by atoms with E-state index in [0.29, 0.717) is 17.8 Å². The molecule has 88 valence electrons. The van der Waals surface area contributed by atoms with E-state index >= 15 is 0 Å². The van der Waals surface area contributed by atoms with Gasteiger partial charge in [0.2, 0.25) is 5.54 Å². The van der Waals surface area contributed by atoms with E-state index in [1.54, 1.807) is 0 Å². The van der Waals surface area contributed by atoms with Crippen LogP contribution in [0.4, 0.5) is 0 Å². The lowest BCUT2D eigenvalue weighted by atomic mass is 9.63. The van der Waals surface area contributed by atoms with Crippen molar-refractivity contribution < 1.29 is 0 Å². The number of hydrogen-bond donors (Lipinski definition) is 0. The fourth-order valence-corrected chi connectivity index (χ4v) is 6.20. The van der Waals surface area contributed by atoms with Crippen LogP contribution in [-0.4, -0.2) is 5.54 Å². The monoisotopic (exact) mass is 226 g/mol. The van der Waals surface area contributed by atoms with E-state index in [4.69, 9.17) is 6.57 Å². The fraction of sp³-hybridized carbons (Fsp3) is 0.867. The molecule has 4 fully saturated rings. The second-order valence-electron chi connectivity index (χ2n) is 7.06. The second-order valence-corrected chi connectivity index (χ2v) is 7.06. The van der Waals surface area contributed by atoms with E-state index in [9.17, 15) is 5.26 Å². The molecule has 0 radical (unpaired) electrons. The number of nitriles is 1. The van der Waals surface area contributed by atoms with Crippen molar-refractivity contribution in [2.24, 2.45) is 41.4 Å². The molecule has 4 aliphatic rings. The molecule has 0 spiro atoms. The van der Waals surface area contributed by atoms with Gasteiger partial charge in [0.05, 0.1) is 6.07 Å². The third-order valence-electron chi connectivity index (χ3n) is 6.59. The van der Waals surface area contributed by atoms with Crippen LogP contribution < -0.4 is 0 Å². The first-order valence-corrected chi connectivity index (χ1v) is 6.96. The number of hydrogen-bond acceptors (Lipinski definition) is 1. The zero-order valence-electron chi connectivity index (χ0n) is 10.3. The highest BCUT2D eigenvalue weighted by atomic mass is 14.9. The molecule has 17 heavy (non-hydrogen) atoms. The van der Waals surface area contributed by atoms with E-state index in [1.165, 1.54) is 12.8 Å². The minimum Gasteiger partial charge on any atom is -0.310 e. The van der Waals surface area contributed by atoms with Crippen LogP contribution >= 0.6 is 0 Å². The topological polar surface area (TPSA) is 28.1 Å². The van der Waals surface area contributed by atoms with Gasteiger partial charge in [-0.25, -0.2) is 6.57 Å². The van der Waals surface area contributed by atoms with Gasteiger partial charge in [-0.3, -0.25) is 0 Å². The van der Waals surface area contributed by atoms with Crippen LogP contribution in [-0.2, 0) is 0 Å². The fourth-order valence-electron chi connectivity index (χ4n) is 6.20. The average molecular weight is 226 g/mol. The summed E-state index contributed by atoms with van der Waals surface area (Å²) in [4.78, 5) is 3.97. The zero-order valence-corrected chi connectivity index (χ0v) is 10.3. The molecule has 8 unspecified atom stereocenters. The highest BCUT2D eigenvalue weighted by Gasteiger charge is 2.70. The maximum Gasteiger partial charge on any atom is 0.233 e. The molecule has 0 aromatic heterocycles. The molecule has 0 aliphatic heterocycles. The van der Waals surface area contributed by atoms with Crippen LogP contribution in [0.25, 0.3) is 4.85 Å². The Bertz CT molecular complexity index is 457. The van der Waals surface area contributed by atoms with E-state index in [2.05, 4.69) is 17.8 Å². The van der Waals surface area contributed by atoms with Crippen molar-refractivity contribution in [2.75, 3.05) is 0 Å². The summed E-state index contributed by atoms with van der Waals surface area (Å²) >= 11 is 0. The summed E-state index contributed by atoms with van der Waals surface area (Å²) in [6, 6.07) is 2.54. The van der Waals surface area contributed by atoms with Crippen molar-refractivity contribution in [1.82, 2.24) is 0 Å². The molecule has 4 saturated carbocycles. The Kier molecular flexibility index (Phi) is 1.68. The van der Waals surface area contributed by atoms with Crippen molar-refractivity contribution in [3.63, 3.8) is 0 Å². The summed E-state index contributed by atoms with van der Waals surface area (Å²) in [5, 5.41) is 9.23. The Morgan fingerprint density at radius 2 is 2.06 bits per heavy atom. The van der Waals surface area contributed by atoms with Gasteiger partial charge < -0.3 is 4.85 Å². The first kappa shape index (κ1) is 9.95. The van der Waals surface area contributed by atoms with Crippen LogP contribution in [0, 0.1) is 59.3 Å². The SMILES string of the molecule is [C-]#[N+]C1(C)CC2CC1C1C3CC(C#N)C(C3)C21. The lowest BCUT2D eigenvalue weighted by Crippen LogP contribution is -2.42. The lowest BCUT2D eigenvalue weighted by Gasteiger charge is -2.39. The Morgan fingerprint density at radius 1 is 1.24 bits per heavy atom. The smallest absolute Gasteiger partial charge is 0.233 e. The van der Waals surface area contributed by atoms with Gasteiger partial charge in [0.15, 0.2) is 0 Å². The van der Waals surface area contributed by atoms with Gasteiger partial charge in [0, 0.05) is 25.2 Å². The summed E-state index contributed by atoms with van der Waals surface area (Å²) in [5.41, 5.74) is -0.0571. The molecule has 0 amide bonds. The third kappa shape index (κ3) is 0.971. The number of rotatable bonds is 0. The van der Waals surface area contributed by atoms with Crippen LogP contribution in [0.2, 0.25) is 0 Å². The van der Waals surface area contributed by atoms with Gasteiger partial charge in [0.25, 0.3) is 0 Å². The summed E-state index contributed by atoms with van der Waals surface area (Å²) in [7, 11) is 0. The Morgan fingerprint density at radius 3 is 2.76 bits per heavy atom. The molecule has 0 aromatic carbocycles. The van der Waals surface area contributed by atoms with E-state index in [1.807, 2.05) is 0 Å². The van der Waals surface area contributed by atoms with E-state index < -0.39 is 0 Å².